The van der Waals surface area contributed by atoms with Gasteiger partial charge < -0.3 is 0 Å². The zero-order chi connectivity index (χ0) is 11.3. The lowest BCUT2D eigenvalue weighted by Gasteiger charge is -2.05. The number of nitrogens with zero attached hydrogens (tertiary/aromatic N) is 1. The van der Waals surface area contributed by atoms with Crippen LogP contribution in [0.3, 0.4) is 0 Å². The van der Waals surface area contributed by atoms with Gasteiger partial charge in [-0.15, -0.1) is 0 Å². The minimum atomic E-state index is -3.30. The Morgan fingerprint density at radius 2 is 1.93 bits per heavy atom. The molecule has 15 heavy (non-hydrogen) atoms. The highest BCUT2D eigenvalue weighted by Gasteiger charge is 2.06. The fraction of sp³-hybridized carbons (Fsp3) is 0.222. The van der Waals surface area contributed by atoms with Gasteiger partial charge in [-0.25, -0.2) is 8.42 Å². The second-order valence-corrected chi connectivity index (χ2v) is 5.88. The van der Waals surface area contributed by atoms with Gasteiger partial charge in [-0.05, 0) is 17.7 Å². The van der Waals surface area contributed by atoms with E-state index < -0.39 is 10.0 Å². The molecule has 0 saturated heterocycles. The van der Waals surface area contributed by atoms with Gasteiger partial charge in [-0.1, -0.05) is 28.1 Å². The van der Waals surface area contributed by atoms with Gasteiger partial charge in [0.15, 0.2) is 0 Å². The van der Waals surface area contributed by atoms with Crippen molar-refractivity contribution in [1.29, 1.82) is 5.26 Å². The van der Waals surface area contributed by atoms with Crippen LogP contribution in [0.2, 0.25) is 0 Å². The molecule has 0 aliphatic rings. The first-order chi connectivity index (χ1) is 7.07. The van der Waals surface area contributed by atoms with Crippen molar-refractivity contribution in [2.75, 3.05) is 9.38 Å². The Morgan fingerprint density at radius 3 is 2.40 bits per heavy atom. The van der Waals surface area contributed by atoms with Gasteiger partial charge in [-0.2, -0.15) is 5.26 Å². The molecule has 1 N–H and O–H groups in total. The molecule has 0 bridgehead atoms. The summed E-state index contributed by atoms with van der Waals surface area (Å²) in [6.45, 7) is 0. The van der Waals surface area contributed by atoms with E-state index in [9.17, 15) is 8.42 Å². The van der Waals surface area contributed by atoms with Gasteiger partial charge in [0.25, 0.3) is 0 Å². The van der Waals surface area contributed by atoms with Crippen LogP contribution in [0.25, 0.3) is 0 Å². The molecule has 1 aromatic rings. The van der Waals surface area contributed by atoms with Crippen molar-refractivity contribution in [3.63, 3.8) is 0 Å². The zero-order valence-electron chi connectivity index (χ0n) is 7.77. The number of sulfonamides is 1. The van der Waals surface area contributed by atoms with Crippen molar-refractivity contribution < 1.29 is 8.42 Å². The number of hydrogen-bond donors (Lipinski definition) is 1. The van der Waals surface area contributed by atoms with Gasteiger partial charge in [0.05, 0.1) is 12.5 Å². The minimum absolute atomic E-state index is 0.139. The third-order valence-electron chi connectivity index (χ3n) is 1.65. The maximum absolute atomic E-state index is 11.2. The Morgan fingerprint density at radius 1 is 1.33 bits per heavy atom. The van der Waals surface area contributed by atoms with Crippen molar-refractivity contribution in [1.82, 2.24) is 0 Å². The number of nitriles is 1. The first-order valence-electron chi connectivity index (χ1n) is 4.10. The summed E-state index contributed by atoms with van der Waals surface area (Å²) < 4.78 is 24.6. The molecule has 0 aromatic heterocycles. The van der Waals surface area contributed by atoms with Crippen molar-refractivity contribution in [3.05, 3.63) is 29.8 Å². The van der Waals surface area contributed by atoms with Crippen LogP contribution >= 0.6 is 15.9 Å². The molecule has 80 valence electrons. The molecule has 0 fully saturated rings. The van der Waals surface area contributed by atoms with E-state index in [1.54, 1.807) is 24.3 Å². The maximum Gasteiger partial charge on any atom is 0.242 e. The number of halogens is 1. The van der Waals surface area contributed by atoms with Gasteiger partial charge in [0, 0.05) is 5.69 Å². The first-order valence-corrected chi connectivity index (χ1v) is 6.87. The summed E-state index contributed by atoms with van der Waals surface area (Å²) in [7, 11) is -3.30. The highest BCUT2D eigenvalue weighted by molar-refractivity contribution is 9.10. The standard InChI is InChI=1S/C9H9BrN2O2S/c10-7-15(13,14)12-9-3-1-8(2-4-9)5-6-11/h1-4,12H,5,7H2. The molecule has 0 amide bonds. The molecule has 6 heteroatoms. The number of nitrogens with one attached hydrogen (secondary N) is 1. The molecule has 1 rings (SSSR count). The summed E-state index contributed by atoms with van der Waals surface area (Å²) in [6, 6.07) is 8.72. The molecular formula is C9H9BrN2O2S. The summed E-state index contributed by atoms with van der Waals surface area (Å²) in [5.74, 6) is 0. The highest BCUT2D eigenvalue weighted by Crippen LogP contribution is 2.12. The Bertz CT molecular complexity index is 462. The Kier molecular flexibility index (Phi) is 4.12. The molecule has 0 unspecified atom stereocenters. The second-order valence-electron chi connectivity index (χ2n) is 2.86. The summed E-state index contributed by atoms with van der Waals surface area (Å²) in [4.78, 5) is 0. The fourth-order valence-corrected chi connectivity index (χ4v) is 1.88. The van der Waals surface area contributed by atoms with Crippen LogP contribution in [0.4, 0.5) is 5.69 Å². The molecule has 0 aliphatic carbocycles. The van der Waals surface area contributed by atoms with Crippen molar-refractivity contribution in [2.24, 2.45) is 0 Å². The molecule has 1 aromatic carbocycles. The normalized spacial score (nSPS) is 10.7. The Labute approximate surface area is 97.1 Å². The van der Waals surface area contributed by atoms with E-state index in [0.717, 1.165) is 5.56 Å². The van der Waals surface area contributed by atoms with Crippen LogP contribution < -0.4 is 4.72 Å². The largest absolute Gasteiger partial charge is 0.283 e. The average molecular weight is 289 g/mol. The van der Waals surface area contributed by atoms with E-state index in [0.29, 0.717) is 12.1 Å². The quantitative estimate of drug-likeness (QED) is 0.860. The maximum atomic E-state index is 11.2. The van der Waals surface area contributed by atoms with E-state index >= 15 is 0 Å². The summed E-state index contributed by atoms with van der Waals surface area (Å²) in [5.41, 5.74) is 1.36. The van der Waals surface area contributed by atoms with Gasteiger partial charge in [-0.3, -0.25) is 4.72 Å². The number of hydrogen-bond acceptors (Lipinski definition) is 3. The molecule has 0 spiro atoms. The molecule has 0 saturated carbocycles. The summed E-state index contributed by atoms with van der Waals surface area (Å²) in [5, 5.41) is 8.45. The highest BCUT2D eigenvalue weighted by atomic mass is 79.9. The number of alkyl halides is 1. The fourth-order valence-electron chi connectivity index (χ4n) is 0.989. The van der Waals surface area contributed by atoms with Gasteiger partial charge in [0.1, 0.15) is 4.66 Å². The first kappa shape index (κ1) is 12.0. The van der Waals surface area contributed by atoms with Crippen molar-refractivity contribution >= 4 is 31.6 Å². The zero-order valence-corrected chi connectivity index (χ0v) is 10.2. The van der Waals surface area contributed by atoms with Crippen molar-refractivity contribution in [3.8, 4) is 6.07 Å². The predicted molar refractivity (Wildman–Crippen MR) is 62.1 cm³/mol. The third kappa shape index (κ3) is 3.90. The van der Waals surface area contributed by atoms with Crippen LogP contribution in [0.1, 0.15) is 5.56 Å². The van der Waals surface area contributed by atoms with Gasteiger partial charge in [0.2, 0.25) is 10.0 Å². The SMILES string of the molecule is N#CCc1ccc(NS(=O)(=O)CBr)cc1. The Balaban J connectivity index is 2.78. The summed E-state index contributed by atoms with van der Waals surface area (Å²) in [6.07, 6.45) is 0.325. The lowest BCUT2D eigenvalue weighted by molar-refractivity contribution is 0.606. The molecule has 0 radical (unpaired) electrons. The minimum Gasteiger partial charge on any atom is -0.283 e. The van der Waals surface area contributed by atoms with Crippen LogP contribution in [0.5, 0.6) is 0 Å². The van der Waals surface area contributed by atoms with E-state index in [2.05, 4.69) is 20.7 Å². The van der Waals surface area contributed by atoms with Crippen LogP contribution in [-0.2, 0) is 16.4 Å². The van der Waals surface area contributed by atoms with Gasteiger partial charge >= 0.3 is 0 Å². The second kappa shape index (κ2) is 5.14. The monoisotopic (exact) mass is 288 g/mol. The molecule has 0 atom stereocenters. The summed E-state index contributed by atoms with van der Waals surface area (Å²) >= 11 is 2.87. The number of benzene rings is 1. The van der Waals surface area contributed by atoms with E-state index in [-0.39, 0.29) is 4.66 Å². The van der Waals surface area contributed by atoms with E-state index in [1.165, 1.54) is 0 Å². The predicted octanol–water partition coefficient (Wildman–Crippen LogP) is 1.85. The lowest BCUT2D eigenvalue weighted by atomic mass is 10.1. The third-order valence-corrected chi connectivity index (χ3v) is 4.30. The number of rotatable bonds is 4. The number of anilines is 1. The molecule has 4 nitrogen and oxygen atoms in total. The van der Waals surface area contributed by atoms with E-state index in [4.69, 9.17) is 5.26 Å². The van der Waals surface area contributed by atoms with E-state index in [1.807, 2.05) is 6.07 Å². The molecule has 0 aliphatic heterocycles. The van der Waals surface area contributed by atoms with Crippen LogP contribution in [0.15, 0.2) is 24.3 Å². The Hall–Kier alpha value is -1.06. The van der Waals surface area contributed by atoms with Crippen LogP contribution in [-0.4, -0.2) is 13.1 Å². The topological polar surface area (TPSA) is 70.0 Å². The smallest absolute Gasteiger partial charge is 0.242 e. The average Bonchev–Trinajstić information content (AvgIpc) is 2.21. The molecule has 0 heterocycles. The van der Waals surface area contributed by atoms with Crippen molar-refractivity contribution in [2.45, 2.75) is 6.42 Å². The molecular weight excluding hydrogens is 280 g/mol. The van der Waals surface area contributed by atoms with Crippen LogP contribution in [0, 0.1) is 11.3 Å². The lowest BCUT2D eigenvalue weighted by Crippen LogP contribution is -2.12.